The van der Waals surface area contributed by atoms with Crippen LogP contribution in [0.4, 0.5) is 5.69 Å². The zero-order valence-corrected chi connectivity index (χ0v) is 10.2. The molecule has 0 atom stereocenters. The molecule has 0 bridgehead atoms. The van der Waals surface area contributed by atoms with Gasteiger partial charge >= 0.3 is 0 Å². The van der Waals surface area contributed by atoms with Gasteiger partial charge in [0.25, 0.3) is 0 Å². The van der Waals surface area contributed by atoms with E-state index in [9.17, 15) is 0 Å². The van der Waals surface area contributed by atoms with Crippen molar-refractivity contribution in [3.05, 3.63) is 21.4 Å². The highest BCUT2D eigenvalue weighted by Gasteiger charge is 2.22. The molecule has 0 amide bonds. The molecule has 72 valence electrons. The number of halogens is 2. The Bertz CT molecular complexity index is 331. The topological polar surface area (TPSA) is 38.9 Å². The number of hydrogen-bond donors (Lipinski definition) is 1. The Labute approximate surface area is 91.6 Å². The van der Waals surface area contributed by atoms with E-state index in [-0.39, 0.29) is 5.41 Å². The van der Waals surface area contributed by atoms with E-state index in [4.69, 9.17) is 17.3 Å². The smallest absolute Gasteiger partial charge is 0.152 e. The van der Waals surface area contributed by atoms with Crippen molar-refractivity contribution >= 4 is 33.2 Å². The van der Waals surface area contributed by atoms with Gasteiger partial charge in [0, 0.05) is 10.7 Å². The van der Waals surface area contributed by atoms with Crippen LogP contribution >= 0.6 is 27.5 Å². The fourth-order valence-corrected chi connectivity index (χ4v) is 2.30. The molecule has 0 saturated heterocycles. The molecule has 4 heteroatoms. The number of nitrogen functional groups attached to an aromatic ring is 1. The highest BCUT2D eigenvalue weighted by Crippen LogP contribution is 2.36. The van der Waals surface area contributed by atoms with Crippen LogP contribution in [0.5, 0.6) is 0 Å². The first-order valence-corrected chi connectivity index (χ1v) is 5.11. The number of pyridine rings is 1. The molecule has 0 aliphatic rings. The number of anilines is 1. The quantitative estimate of drug-likeness (QED) is 0.729. The van der Waals surface area contributed by atoms with Crippen molar-refractivity contribution < 1.29 is 0 Å². The van der Waals surface area contributed by atoms with Crippen LogP contribution in [0.2, 0.25) is 5.15 Å². The third-order valence-corrected chi connectivity index (χ3v) is 2.67. The minimum Gasteiger partial charge on any atom is -0.396 e. The van der Waals surface area contributed by atoms with Crippen LogP contribution in [0.3, 0.4) is 0 Å². The molecule has 0 aliphatic carbocycles. The minimum atomic E-state index is -0.0322. The highest BCUT2D eigenvalue weighted by molar-refractivity contribution is 9.10. The van der Waals surface area contributed by atoms with Crippen LogP contribution in [0.25, 0.3) is 0 Å². The lowest BCUT2D eigenvalue weighted by atomic mass is 9.87. The second-order valence-corrected chi connectivity index (χ2v) is 5.15. The number of nitrogens with two attached hydrogens (primary N) is 1. The summed E-state index contributed by atoms with van der Waals surface area (Å²) in [6.45, 7) is 6.25. The van der Waals surface area contributed by atoms with E-state index >= 15 is 0 Å². The summed E-state index contributed by atoms with van der Waals surface area (Å²) in [6.07, 6.45) is 1.68. The Morgan fingerprint density at radius 3 is 2.38 bits per heavy atom. The summed E-state index contributed by atoms with van der Waals surface area (Å²) < 4.78 is 0.905. The van der Waals surface area contributed by atoms with Gasteiger partial charge < -0.3 is 5.73 Å². The lowest BCUT2D eigenvalue weighted by Gasteiger charge is -2.22. The summed E-state index contributed by atoms with van der Waals surface area (Å²) in [5.41, 5.74) is 7.38. The van der Waals surface area contributed by atoms with Crippen molar-refractivity contribution in [3.63, 3.8) is 0 Å². The van der Waals surface area contributed by atoms with Gasteiger partial charge in [-0.25, -0.2) is 4.98 Å². The Kier molecular flexibility index (Phi) is 2.88. The maximum Gasteiger partial charge on any atom is 0.152 e. The molecule has 0 unspecified atom stereocenters. The highest BCUT2D eigenvalue weighted by atomic mass is 79.9. The van der Waals surface area contributed by atoms with Gasteiger partial charge in [0.1, 0.15) is 0 Å². The molecule has 13 heavy (non-hydrogen) atoms. The van der Waals surface area contributed by atoms with Crippen LogP contribution in [0, 0.1) is 0 Å². The maximum absolute atomic E-state index is 5.85. The monoisotopic (exact) mass is 262 g/mol. The summed E-state index contributed by atoms with van der Waals surface area (Å²) in [4.78, 5) is 3.95. The van der Waals surface area contributed by atoms with Crippen molar-refractivity contribution in [3.8, 4) is 0 Å². The van der Waals surface area contributed by atoms with E-state index in [2.05, 4.69) is 41.7 Å². The van der Waals surface area contributed by atoms with Crippen LogP contribution in [-0.4, -0.2) is 4.98 Å². The number of hydrogen-bond acceptors (Lipinski definition) is 2. The normalized spacial score (nSPS) is 11.8. The summed E-state index contributed by atoms with van der Waals surface area (Å²) in [5.74, 6) is 0. The zero-order chi connectivity index (χ0) is 10.2. The molecule has 2 N–H and O–H groups in total. The molecule has 0 fully saturated rings. The Hall–Kier alpha value is -0.280. The van der Waals surface area contributed by atoms with Gasteiger partial charge in [-0.05, 0) is 26.9 Å². The SMILES string of the molecule is CC(C)(C)c1c(Br)cnc(Cl)c1N. The zero-order valence-electron chi connectivity index (χ0n) is 7.86. The third-order valence-electron chi connectivity index (χ3n) is 1.77. The van der Waals surface area contributed by atoms with E-state index in [1.54, 1.807) is 6.20 Å². The molecule has 1 heterocycles. The molecule has 1 aromatic rings. The largest absolute Gasteiger partial charge is 0.396 e. The number of nitrogens with zero attached hydrogens (tertiary/aromatic N) is 1. The van der Waals surface area contributed by atoms with Gasteiger partial charge in [-0.2, -0.15) is 0 Å². The molecule has 1 aromatic heterocycles. The fourth-order valence-electron chi connectivity index (χ4n) is 1.24. The number of aromatic nitrogens is 1. The summed E-state index contributed by atoms with van der Waals surface area (Å²) in [5, 5.41) is 0.369. The summed E-state index contributed by atoms with van der Waals surface area (Å²) >= 11 is 9.25. The van der Waals surface area contributed by atoms with Gasteiger partial charge in [0.15, 0.2) is 5.15 Å². The predicted molar refractivity (Wildman–Crippen MR) is 60.1 cm³/mol. The molecule has 0 spiro atoms. The van der Waals surface area contributed by atoms with E-state index in [1.165, 1.54) is 0 Å². The summed E-state index contributed by atoms with van der Waals surface area (Å²) in [6, 6.07) is 0. The van der Waals surface area contributed by atoms with Gasteiger partial charge in [0.05, 0.1) is 5.69 Å². The standard InChI is InChI=1S/C9H12BrClN2/c1-9(2,3)6-5(10)4-13-8(11)7(6)12/h4H,12H2,1-3H3. The molecule has 0 aromatic carbocycles. The van der Waals surface area contributed by atoms with E-state index in [0.717, 1.165) is 10.0 Å². The molecule has 2 nitrogen and oxygen atoms in total. The molecule has 0 saturated carbocycles. The van der Waals surface area contributed by atoms with Crippen LogP contribution < -0.4 is 5.73 Å². The molecule has 1 rings (SSSR count). The van der Waals surface area contributed by atoms with Crippen molar-refractivity contribution in [2.75, 3.05) is 5.73 Å². The minimum absolute atomic E-state index is 0.0322. The molecule has 0 radical (unpaired) electrons. The van der Waals surface area contributed by atoms with Crippen LogP contribution in [0.15, 0.2) is 10.7 Å². The van der Waals surface area contributed by atoms with Gasteiger partial charge in [-0.1, -0.05) is 32.4 Å². The van der Waals surface area contributed by atoms with Gasteiger partial charge in [0.2, 0.25) is 0 Å². The average molecular weight is 264 g/mol. The van der Waals surface area contributed by atoms with E-state index < -0.39 is 0 Å². The third kappa shape index (κ3) is 2.15. The maximum atomic E-state index is 5.85. The van der Waals surface area contributed by atoms with Crippen molar-refractivity contribution in [1.29, 1.82) is 0 Å². The Balaban J connectivity index is 3.43. The van der Waals surface area contributed by atoms with Gasteiger partial charge in [-0.15, -0.1) is 0 Å². The predicted octanol–water partition coefficient (Wildman–Crippen LogP) is 3.38. The van der Waals surface area contributed by atoms with Crippen molar-refractivity contribution in [1.82, 2.24) is 4.98 Å². The molecule has 0 aliphatic heterocycles. The molecular formula is C9H12BrClN2. The van der Waals surface area contributed by atoms with Gasteiger partial charge in [-0.3, -0.25) is 0 Å². The first-order valence-electron chi connectivity index (χ1n) is 3.94. The first-order chi connectivity index (χ1) is 5.84. The second kappa shape index (κ2) is 3.46. The van der Waals surface area contributed by atoms with Crippen molar-refractivity contribution in [2.24, 2.45) is 0 Å². The van der Waals surface area contributed by atoms with Crippen LogP contribution in [0.1, 0.15) is 26.3 Å². The average Bonchev–Trinajstić information content (AvgIpc) is 1.95. The molecular weight excluding hydrogens is 251 g/mol. The summed E-state index contributed by atoms with van der Waals surface area (Å²) in [7, 11) is 0. The number of rotatable bonds is 0. The fraction of sp³-hybridized carbons (Fsp3) is 0.444. The first kappa shape index (κ1) is 10.8. The Morgan fingerprint density at radius 2 is 2.00 bits per heavy atom. The lowest BCUT2D eigenvalue weighted by Crippen LogP contribution is -2.15. The lowest BCUT2D eigenvalue weighted by molar-refractivity contribution is 0.588. The van der Waals surface area contributed by atoms with E-state index in [0.29, 0.717) is 10.8 Å². The van der Waals surface area contributed by atoms with E-state index in [1.807, 2.05) is 0 Å². The Morgan fingerprint density at radius 1 is 1.46 bits per heavy atom. The van der Waals surface area contributed by atoms with Crippen LogP contribution in [-0.2, 0) is 5.41 Å². The van der Waals surface area contributed by atoms with Crippen molar-refractivity contribution in [2.45, 2.75) is 26.2 Å². The second-order valence-electron chi connectivity index (χ2n) is 3.94.